The van der Waals surface area contributed by atoms with Crippen molar-refractivity contribution in [2.45, 2.75) is 18.4 Å². The van der Waals surface area contributed by atoms with E-state index in [0.717, 1.165) is 0 Å². The molecule has 2 aromatic rings. The van der Waals surface area contributed by atoms with Crippen LogP contribution in [0.4, 0.5) is 0 Å². The van der Waals surface area contributed by atoms with Gasteiger partial charge in [0.1, 0.15) is 0 Å². The summed E-state index contributed by atoms with van der Waals surface area (Å²) in [6.45, 7) is 1.54. The summed E-state index contributed by atoms with van der Waals surface area (Å²) in [5.74, 6) is -0.108. The molecule has 1 N–H and O–H groups in total. The maximum Gasteiger partial charge on any atom is 0.240 e. The Balaban J connectivity index is 2.15. The minimum Gasteiger partial charge on any atom is -0.295 e. The molecule has 21 heavy (non-hydrogen) atoms. The van der Waals surface area contributed by atoms with E-state index in [1.807, 2.05) is 0 Å². The van der Waals surface area contributed by atoms with Crippen molar-refractivity contribution < 1.29 is 13.2 Å². The maximum absolute atomic E-state index is 12.2. The van der Waals surface area contributed by atoms with Crippen LogP contribution in [0.15, 0.2) is 53.4 Å². The van der Waals surface area contributed by atoms with Crippen LogP contribution in [-0.2, 0) is 16.6 Å². The smallest absolute Gasteiger partial charge is 0.240 e. The Hall–Kier alpha value is -1.69. The summed E-state index contributed by atoms with van der Waals surface area (Å²) in [6, 6.07) is 12.8. The average Bonchev–Trinajstić information content (AvgIpc) is 2.46. The van der Waals surface area contributed by atoms with Gasteiger partial charge < -0.3 is 0 Å². The second-order valence-electron chi connectivity index (χ2n) is 4.50. The van der Waals surface area contributed by atoms with E-state index in [2.05, 4.69) is 4.72 Å². The quantitative estimate of drug-likeness (QED) is 0.860. The fraction of sp³-hybridized carbons (Fsp3) is 0.133. The normalized spacial score (nSPS) is 11.3. The number of hydrogen-bond acceptors (Lipinski definition) is 3. The Morgan fingerprint density at radius 2 is 1.71 bits per heavy atom. The molecule has 110 valence electrons. The van der Waals surface area contributed by atoms with Gasteiger partial charge in [-0.3, -0.25) is 4.79 Å². The molecule has 0 aromatic heterocycles. The number of carbonyl (C=O) groups excluding carboxylic acids is 1. The molecule has 0 amide bonds. The Morgan fingerprint density at radius 3 is 2.29 bits per heavy atom. The van der Waals surface area contributed by atoms with Crippen LogP contribution in [0.3, 0.4) is 0 Å². The van der Waals surface area contributed by atoms with Gasteiger partial charge in [0.2, 0.25) is 10.0 Å². The van der Waals surface area contributed by atoms with Crippen molar-refractivity contribution in [1.82, 2.24) is 4.72 Å². The van der Waals surface area contributed by atoms with Crippen molar-refractivity contribution in [1.29, 1.82) is 0 Å². The zero-order chi connectivity index (χ0) is 15.5. The molecule has 0 saturated carbocycles. The minimum absolute atomic E-state index is 0.108. The van der Waals surface area contributed by atoms with Gasteiger partial charge in [0.25, 0.3) is 0 Å². The summed E-state index contributed by atoms with van der Waals surface area (Å²) in [5, 5.41) is 0.507. The van der Waals surface area contributed by atoms with Crippen LogP contribution in [0.2, 0.25) is 5.02 Å². The number of nitrogens with one attached hydrogen (secondary N) is 1. The van der Waals surface area contributed by atoms with Gasteiger partial charge in [-0.15, -0.1) is 0 Å². The molecule has 6 heteroatoms. The van der Waals surface area contributed by atoms with Crippen molar-refractivity contribution in [3.63, 3.8) is 0 Å². The molecule has 2 rings (SSSR count). The molecule has 0 saturated heterocycles. The molecule has 0 fully saturated rings. The van der Waals surface area contributed by atoms with E-state index in [-0.39, 0.29) is 17.2 Å². The summed E-state index contributed by atoms with van der Waals surface area (Å²) < 4.78 is 26.8. The Labute approximate surface area is 128 Å². The highest BCUT2D eigenvalue weighted by atomic mass is 35.5. The first-order valence-electron chi connectivity index (χ1n) is 6.24. The predicted octanol–water partition coefficient (Wildman–Crippen LogP) is 3.02. The van der Waals surface area contributed by atoms with Crippen molar-refractivity contribution in [3.8, 4) is 0 Å². The molecule has 0 aliphatic rings. The standard InChI is InChI=1S/C15H14ClNO3S/c1-11(18)12-6-8-14(9-7-12)21(19,20)17-10-13-4-2-3-5-15(13)16/h2-9,17H,10H2,1H3. The summed E-state index contributed by atoms with van der Waals surface area (Å²) in [4.78, 5) is 11.3. The molecule has 0 unspecified atom stereocenters. The molecule has 4 nitrogen and oxygen atoms in total. The fourth-order valence-electron chi connectivity index (χ4n) is 1.77. The zero-order valence-electron chi connectivity index (χ0n) is 11.3. The molecule has 0 spiro atoms. The van der Waals surface area contributed by atoms with Crippen LogP contribution in [0.1, 0.15) is 22.8 Å². The van der Waals surface area contributed by atoms with Crippen LogP contribution < -0.4 is 4.72 Å². The van der Waals surface area contributed by atoms with E-state index in [4.69, 9.17) is 11.6 Å². The predicted molar refractivity (Wildman–Crippen MR) is 81.9 cm³/mol. The van der Waals surface area contributed by atoms with Crippen LogP contribution >= 0.6 is 11.6 Å². The second-order valence-corrected chi connectivity index (χ2v) is 6.67. The third-order valence-electron chi connectivity index (χ3n) is 2.98. The first-order valence-corrected chi connectivity index (χ1v) is 8.10. The summed E-state index contributed by atoms with van der Waals surface area (Å²) in [6.07, 6.45) is 0. The zero-order valence-corrected chi connectivity index (χ0v) is 12.9. The highest BCUT2D eigenvalue weighted by molar-refractivity contribution is 7.89. The fourth-order valence-corrected chi connectivity index (χ4v) is 2.98. The lowest BCUT2D eigenvalue weighted by Crippen LogP contribution is -2.23. The molecule has 0 atom stereocenters. The van der Waals surface area contributed by atoms with E-state index < -0.39 is 10.0 Å². The van der Waals surface area contributed by atoms with Crippen molar-refractivity contribution >= 4 is 27.4 Å². The Kier molecular flexibility index (Phi) is 4.77. The molecular formula is C15H14ClNO3S. The monoisotopic (exact) mass is 323 g/mol. The lowest BCUT2D eigenvalue weighted by Gasteiger charge is -2.08. The van der Waals surface area contributed by atoms with Gasteiger partial charge in [-0.25, -0.2) is 13.1 Å². The molecule has 0 bridgehead atoms. The summed E-state index contributed by atoms with van der Waals surface area (Å²) in [7, 11) is -3.64. The number of hydrogen-bond donors (Lipinski definition) is 1. The minimum atomic E-state index is -3.64. The van der Waals surface area contributed by atoms with E-state index in [1.165, 1.54) is 31.2 Å². The number of rotatable bonds is 5. The lowest BCUT2D eigenvalue weighted by molar-refractivity contribution is 0.101. The van der Waals surface area contributed by atoms with Gasteiger partial charge in [-0.05, 0) is 30.7 Å². The van der Waals surface area contributed by atoms with Crippen LogP contribution in [-0.4, -0.2) is 14.2 Å². The average molecular weight is 324 g/mol. The van der Waals surface area contributed by atoms with Crippen molar-refractivity contribution in [3.05, 3.63) is 64.7 Å². The molecule has 0 aliphatic heterocycles. The number of ketones is 1. The van der Waals surface area contributed by atoms with Gasteiger partial charge >= 0.3 is 0 Å². The van der Waals surface area contributed by atoms with Crippen molar-refractivity contribution in [2.75, 3.05) is 0 Å². The third-order valence-corrected chi connectivity index (χ3v) is 4.77. The Bertz CT molecular complexity index is 755. The molecular weight excluding hydrogens is 310 g/mol. The van der Waals surface area contributed by atoms with Gasteiger partial charge in [0, 0.05) is 17.1 Å². The number of benzene rings is 2. The first kappa shape index (κ1) is 15.7. The SMILES string of the molecule is CC(=O)c1ccc(S(=O)(=O)NCc2ccccc2Cl)cc1. The summed E-state index contributed by atoms with van der Waals surface area (Å²) >= 11 is 5.98. The topological polar surface area (TPSA) is 63.2 Å². The van der Waals surface area contributed by atoms with E-state index in [0.29, 0.717) is 16.1 Å². The molecule has 0 aliphatic carbocycles. The maximum atomic E-state index is 12.2. The van der Waals surface area contributed by atoms with E-state index >= 15 is 0 Å². The number of carbonyl (C=O) groups is 1. The largest absolute Gasteiger partial charge is 0.295 e. The lowest BCUT2D eigenvalue weighted by atomic mass is 10.2. The summed E-state index contributed by atoms with van der Waals surface area (Å²) in [5.41, 5.74) is 1.17. The highest BCUT2D eigenvalue weighted by Gasteiger charge is 2.14. The molecule has 0 heterocycles. The van der Waals surface area contributed by atoms with Crippen molar-refractivity contribution in [2.24, 2.45) is 0 Å². The molecule has 2 aromatic carbocycles. The third kappa shape index (κ3) is 3.91. The van der Waals surface area contributed by atoms with E-state index in [9.17, 15) is 13.2 Å². The van der Waals surface area contributed by atoms with Crippen LogP contribution in [0, 0.1) is 0 Å². The van der Waals surface area contributed by atoms with Gasteiger partial charge in [-0.2, -0.15) is 0 Å². The van der Waals surface area contributed by atoms with Gasteiger partial charge in [-0.1, -0.05) is 41.9 Å². The first-order chi connectivity index (χ1) is 9.90. The van der Waals surface area contributed by atoms with Gasteiger partial charge in [0.05, 0.1) is 4.90 Å². The number of sulfonamides is 1. The number of Topliss-reactive ketones (excluding diaryl/α,β-unsaturated/α-hetero) is 1. The molecule has 0 radical (unpaired) electrons. The van der Waals surface area contributed by atoms with Crippen LogP contribution in [0.25, 0.3) is 0 Å². The number of halogens is 1. The van der Waals surface area contributed by atoms with E-state index in [1.54, 1.807) is 24.3 Å². The van der Waals surface area contributed by atoms with Gasteiger partial charge in [0.15, 0.2) is 5.78 Å². The second kappa shape index (κ2) is 6.39. The highest BCUT2D eigenvalue weighted by Crippen LogP contribution is 2.16. The Morgan fingerprint density at radius 1 is 1.10 bits per heavy atom. The van der Waals surface area contributed by atoms with Crippen LogP contribution in [0.5, 0.6) is 0 Å².